The minimum Gasteiger partial charge on any atom is -0.333 e. The number of nitrogens with zero attached hydrogens (tertiary/aromatic N) is 3. The van der Waals surface area contributed by atoms with E-state index >= 15 is 0 Å². The topological polar surface area (TPSA) is 21.1 Å². The molecular formula is C11H18BrN3. The molecule has 1 aliphatic heterocycles. The van der Waals surface area contributed by atoms with E-state index in [1.807, 2.05) is 6.20 Å². The van der Waals surface area contributed by atoms with Crippen molar-refractivity contribution in [2.75, 3.05) is 18.4 Å². The SMILES string of the molecule is BrCCCCCN1CCn2ccnc2C1. The van der Waals surface area contributed by atoms with E-state index in [-0.39, 0.29) is 0 Å². The van der Waals surface area contributed by atoms with Gasteiger partial charge in [-0.1, -0.05) is 22.4 Å². The number of alkyl halides is 1. The number of hydrogen-bond donors (Lipinski definition) is 0. The lowest BCUT2D eigenvalue weighted by molar-refractivity contribution is 0.213. The summed E-state index contributed by atoms with van der Waals surface area (Å²) in [6.45, 7) is 4.53. The highest BCUT2D eigenvalue weighted by molar-refractivity contribution is 9.09. The van der Waals surface area contributed by atoms with Gasteiger partial charge in [-0.25, -0.2) is 4.98 Å². The van der Waals surface area contributed by atoms with E-state index in [1.165, 1.54) is 38.2 Å². The number of imidazole rings is 1. The maximum absolute atomic E-state index is 4.37. The van der Waals surface area contributed by atoms with Gasteiger partial charge in [0.2, 0.25) is 0 Å². The van der Waals surface area contributed by atoms with Crippen LogP contribution in [0.15, 0.2) is 12.4 Å². The Hall–Kier alpha value is -0.350. The number of rotatable bonds is 5. The van der Waals surface area contributed by atoms with Gasteiger partial charge in [-0.2, -0.15) is 0 Å². The molecule has 0 bridgehead atoms. The van der Waals surface area contributed by atoms with Gasteiger partial charge in [-0.15, -0.1) is 0 Å². The van der Waals surface area contributed by atoms with Gasteiger partial charge in [0.1, 0.15) is 5.82 Å². The Bertz CT molecular complexity index is 298. The van der Waals surface area contributed by atoms with Crippen LogP contribution in [-0.2, 0) is 13.1 Å². The predicted molar refractivity (Wildman–Crippen MR) is 65.1 cm³/mol. The fourth-order valence-electron chi connectivity index (χ4n) is 2.02. The molecule has 0 aromatic carbocycles. The second-order valence-electron chi connectivity index (χ2n) is 4.06. The molecule has 0 radical (unpaired) electrons. The molecule has 0 fully saturated rings. The summed E-state index contributed by atoms with van der Waals surface area (Å²) in [4.78, 5) is 6.88. The maximum Gasteiger partial charge on any atom is 0.122 e. The molecule has 1 aromatic heterocycles. The Morgan fingerprint density at radius 1 is 1.27 bits per heavy atom. The van der Waals surface area contributed by atoms with Crippen LogP contribution >= 0.6 is 15.9 Å². The molecule has 0 N–H and O–H groups in total. The third-order valence-corrected chi connectivity index (χ3v) is 3.49. The van der Waals surface area contributed by atoms with E-state index in [4.69, 9.17) is 0 Å². The van der Waals surface area contributed by atoms with E-state index in [0.29, 0.717) is 0 Å². The third kappa shape index (κ3) is 3.05. The molecule has 2 rings (SSSR count). The standard InChI is InChI=1S/C11H18BrN3/c12-4-2-1-3-6-14-8-9-15-7-5-13-11(15)10-14/h5,7H,1-4,6,8-10H2. The molecular weight excluding hydrogens is 254 g/mol. The Balaban J connectivity index is 1.73. The number of aromatic nitrogens is 2. The number of hydrogen-bond acceptors (Lipinski definition) is 2. The Kier molecular flexibility index (Phi) is 4.20. The summed E-state index contributed by atoms with van der Waals surface area (Å²) in [5.41, 5.74) is 0. The Morgan fingerprint density at radius 3 is 3.07 bits per heavy atom. The number of halogens is 1. The molecule has 3 nitrogen and oxygen atoms in total. The summed E-state index contributed by atoms with van der Waals surface area (Å²) in [6, 6.07) is 0. The van der Waals surface area contributed by atoms with Crippen LogP contribution in [0.5, 0.6) is 0 Å². The molecule has 2 heterocycles. The minimum absolute atomic E-state index is 1.03. The first kappa shape index (κ1) is 11.1. The van der Waals surface area contributed by atoms with Crippen LogP contribution in [0, 0.1) is 0 Å². The van der Waals surface area contributed by atoms with Gasteiger partial charge in [0.15, 0.2) is 0 Å². The van der Waals surface area contributed by atoms with Crippen molar-refractivity contribution in [1.29, 1.82) is 0 Å². The largest absolute Gasteiger partial charge is 0.333 e. The highest BCUT2D eigenvalue weighted by Gasteiger charge is 2.15. The van der Waals surface area contributed by atoms with E-state index in [9.17, 15) is 0 Å². The molecule has 1 aliphatic rings. The summed E-state index contributed by atoms with van der Waals surface area (Å²) < 4.78 is 2.26. The quantitative estimate of drug-likeness (QED) is 0.605. The molecule has 0 atom stereocenters. The first-order valence-corrected chi connectivity index (χ1v) is 6.80. The number of fused-ring (bicyclic) bond motifs is 1. The smallest absolute Gasteiger partial charge is 0.122 e. The molecule has 1 aromatic rings. The monoisotopic (exact) mass is 271 g/mol. The van der Waals surface area contributed by atoms with Gasteiger partial charge in [-0.05, 0) is 19.4 Å². The normalized spacial score (nSPS) is 16.6. The van der Waals surface area contributed by atoms with Gasteiger partial charge >= 0.3 is 0 Å². The van der Waals surface area contributed by atoms with Crippen LogP contribution in [-0.4, -0.2) is 32.9 Å². The van der Waals surface area contributed by atoms with Crippen molar-refractivity contribution >= 4 is 15.9 Å². The average molecular weight is 272 g/mol. The van der Waals surface area contributed by atoms with E-state index in [1.54, 1.807) is 0 Å². The van der Waals surface area contributed by atoms with Gasteiger partial charge in [-0.3, -0.25) is 4.90 Å². The van der Waals surface area contributed by atoms with Crippen LogP contribution < -0.4 is 0 Å². The van der Waals surface area contributed by atoms with Crippen molar-refractivity contribution in [3.63, 3.8) is 0 Å². The zero-order valence-electron chi connectivity index (χ0n) is 9.03. The fourth-order valence-corrected chi connectivity index (χ4v) is 2.42. The van der Waals surface area contributed by atoms with Crippen LogP contribution in [0.1, 0.15) is 25.1 Å². The van der Waals surface area contributed by atoms with Crippen LogP contribution in [0.4, 0.5) is 0 Å². The lowest BCUT2D eigenvalue weighted by atomic mass is 10.2. The molecule has 0 saturated heterocycles. The van der Waals surface area contributed by atoms with Crippen molar-refractivity contribution in [1.82, 2.24) is 14.5 Å². The molecule has 15 heavy (non-hydrogen) atoms. The zero-order chi connectivity index (χ0) is 10.5. The zero-order valence-corrected chi connectivity index (χ0v) is 10.6. The van der Waals surface area contributed by atoms with E-state index < -0.39 is 0 Å². The molecule has 84 valence electrons. The lowest BCUT2D eigenvalue weighted by Gasteiger charge is -2.27. The third-order valence-electron chi connectivity index (χ3n) is 2.93. The molecule has 0 unspecified atom stereocenters. The average Bonchev–Trinajstić information content (AvgIpc) is 2.71. The van der Waals surface area contributed by atoms with E-state index in [0.717, 1.165) is 18.4 Å². The summed E-state index contributed by atoms with van der Waals surface area (Å²) in [5, 5.41) is 1.14. The molecule has 0 aliphatic carbocycles. The van der Waals surface area contributed by atoms with Crippen molar-refractivity contribution in [3.8, 4) is 0 Å². The fraction of sp³-hybridized carbons (Fsp3) is 0.727. The van der Waals surface area contributed by atoms with Crippen LogP contribution in [0.2, 0.25) is 0 Å². The van der Waals surface area contributed by atoms with Crippen molar-refractivity contribution in [3.05, 3.63) is 18.2 Å². The van der Waals surface area contributed by atoms with E-state index in [2.05, 4.69) is 36.6 Å². The second kappa shape index (κ2) is 5.66. The summed E-state index contributed by atoms with van der Waals surface area (Å²) in [7, 11) is 0. The van der Waals surface area contributed by atoms with Gasteiger partial charge in [0.25, 0.3) is 0 Å². The van der Waals surface area contributed by atoms with Gasteiger partial charge in [0.05, 0.1) is 6.54 Å². The highest BCUT2D eigenvalue weighted by atomic mass is 79.9. The Morgan fingerprint density at radius 2 is 2.20 bits per heavy atom. The highest BCUT2D eigenvalue weighted by Crippen LogP contribution is 2.11. The molecule has 0 amide bonds. The molecule has 0 spiro atoms. The summed E-state index contributed by atoms with van der Waals surface area (Å²) in [5.74, 6) is 1.22. The van der Waals surface area contributed by atoms with Crippen molar-refractivity contribution < 1.29 is 0 Å². The van der Waals surface area contributed by atoms with Crippen LogP contribution in [0.3, 0.4) is 0 Å². The van der Waals surface area contributed by atoms with Crippen LogP contribution in [0.25, 0.3) is 0 Å². The summed E-state index contributed by atoms with van der Waals surface area (Å²) in [6.07, 6.45) is 7.92. The molecule has 0 saturated carbocycles. The summed E-state index contributed by atoms with van der Waals surface area (Å²) >= 11 is 3.46. The number of unbranched alkanes of at least 4 members (excludes halogenated alkanes) is 2. The second-order valence-corrected chi connectivity index (χ2v) is 4.86. The van der Waals surface area contributed by atoms with Gasteiger partial charge < -0.3 is 4.57 Å². The van der Waals surface area contributed by atoms with Crippen molar-refractivity contribution in [2.24, 2.45) is 0 Å². The van der Waals surface area contributed by atoms with Gasteiger partial charge in [0, 0.05) is 30.8 Å². The lowest BCUT2D eigenvalue weighted by Crippen LogP contribution is -2.34. The Labute approximate surface area is 99.6 Å². The molecule has 4 heteroatoms. The maximum atomic E-state index is 4.37. The first-order valence-electron chi connectivity index (χ1n) is 5.68. The first-order chi connectivity index (χ1) is 7.40. The van der Waals surface area contributed by atoms with Crippen molar-refractivity contribution in [2.45, 2.75) is 32.4 Å². The minimum atomic E-state index is 1.03. The predicted octanol–water partition coefficient (Wildman–Crippen LogP) is 2.26.